The van der Waals surface area contributed by atoms with Crippen molar-refractivity contribution in [3.8, 4) is 22.8 Å². The minimum Gasteiger partial charge on any atom is -0.494 e. The largest absolute Gasteiger partial charge is 0.494 e. The second-order valence-corrected chi connectivity index (χ2v) is 15.1. The first kappa shape index (κ1) is 35.6. The van der Waals surface area contributed by atoms with Gasteiger partial charge in [0.1, 0.15) is 18.3 Å². The van der Waals surface area contributed by atoms with Gasteiger partial charge in [-0.25, -0.2) is 15.0 Å². The molecule has 4 amide bonds. The van der Waals surface area contributed by atoms with Crippen LogP contribution in [-0.4, -0.2) is 120 Å². The fraction of sp³-hybridized carbons (Fsp3) is 0.310. The zero-order valence-electron chi connectivity index (χ0n) is 31.7. The van der Waals surface area contributed by atoms with Crippen molar-refractivity contribution in [1.29, 1.82) is 0 Å². The van der Waals surface area contributed by atoms with Crippen molar-refractivity contribution in [1.82, 2.24) is 30.1 Å². The molecular formula is C42H40N10O6. The average molecular weight is 781 g/mol. The number of carbonyl (C=O) groups excluding carboxylic acids is 4. The van der Waals surface area contributed by atoms with Gasteiger partial charge in [-0.2, -0.15) is 0 Å². The van der Waals surface area contributed by atoms with E-state index in [1.54, 1.807) is 25.4 Å². The monoisotopic (exact) mass is 780 g/mol. The van der Waals surface area contributed by atoms with Crippen LogP contribution < -0.4 is 35.2 Å². The normalized spacial score (nSPS) is 19.6. The van der Waals surface area contributed by atoms with E-state index in [-0.39, 0.29) is 12.8 Å². The van der Waals surface area contributed by atoms with E-state index in [0.29, 0.717) is 47.9 Å². The first-order valence-corrected chi connectivity index (χ1v) is 19.5. The molecule has 0 aliphatic carbocycles. The second kappa shape index (κ2) is 14.3. The number of amides is 4. The molecule has 0 saturated carbocycles. The summed E-state index contributed by atoms with van der Waals surface area (Å²) >= 11 is 0. The van der Waals surface area contributed by atoms with Crippen LogP contribution in [-0.2, 0) is 9.59 Å². The molecule has 0 bridgehead atoms. The lowest BCUT2D eigenvalue weighted by Crippen LogP contribution is -2.63. The predicted molar refractivity (Wildman–Crippen MR) is 216 cm³/mol. The Kier molecular flexibility index (Phi) is 8.77. The van der Waals surface area contributed by atoms with Gasteiger partial charge in [0.05, 0.1) is 23.8 Å². The van der Waals surface area contributed by atoms with Gasteiger partial charge in [-0.1, -0.05) is 12.1 Å². The van der Waals surface area contributed by atoms with Crippen molar-refractivity contribution < 1.29 is 28.7 Å². The smallest absolute Gasteiger partial charge is 0.262 e. The molecule has 2 aromatic heterocycles. The summed E-state index contributed by atoms with van der Waals surface area (Å²) in [6.07, 6.45) is 3.81. The van der Waals surface area contributed by atoms with Crippen LogP contribution in [0.2, 0.25) is 0 Å². The maximum atomic E-state index is 13.3. The Morgan fingerprint density at radius 3 is 2.41 bits per heavy atom. The van der Waals surface area contributed by atoms with E-state index in [1.807, 2.05) is 42.6 Å². The quantitative estimate of drug-likeness (QED) is 0.195. The first-order chi connectivity index (χ1) is 28.3. The van der Waals surface area contributed by atoms with Crippen LogP contribution in [0.15, 0.2) is 73.1 Å². The number of rotatable bonds is 8. The number of methoxy groups -OCH3 is 1. The van der Waals surface area contributed by atoms with Crippen LogP contribution in [0.4, 0.5) is 28.7 Å². The molecule has 3 aromatic carbocycles. The van der Waals surface area contributed by atoms with Gasteiger partial charge < -0.3 is 29.9 Å². The molecule has 294 valence electrons. The number of pyridine rings is 1. The fourth-order valence-electron chi connectivity index (χ4n) is 8.52. The third-order valence-corrected chi connectivity index (χ3v) is 11.7. The van der Waals surface area contributed by atoms with Gasteiger partial charge in [0.25, 0.3) is 11.8 Å². The Labute approximate surface area is 333 Å². The Morgan fingerprint density at radius 2 is 1.62 bits per heavy atom. The summed E-state index contributed by atoms with van der Waals surface area (Å²) in [4.78, 5) is 72.5. The van der Waals surface area contributed by atoms with Crippen molar-refractivity contribution >= 4 is 63.2 Å². The lowest BCUT2D eigenvalue weighted by atomic mass is 10.0. The van der Waals surface area contributed by atoms with Crippen LogP contribution in [0.1, 0.15) is 33.6 Å². The molecule has 1 unspecified atom stereocenters. The number of nitrogens with one attached hydrogen (secondary N) is 3. The Morgan fingerprint density at radius 1 is 0.828 bits per heavy atom. The molecule has 5 aromatic rings. The van der Waals surface area contributed by atoms with Crippen molar-refractivity contribution in [2.75, 3.05) is 80.0 Å². The predicted octanol–water partition coefficient (Wildman–Crippen LogP) is 3.66. The molecule has 0 spiro atoms. The Bertz CT molecular complexity index is 2500. The fourth-order valence-corrected chi connectivity index (χ4v) is 8.52. The van der Waals surface area contributed by atoms with Gasteiger partial charge in [0.15, 0.2) is 5.75 Å². The molecule has 58 heavy (non-hydrogen) atoms. The van der Waals surface area contributed by atoms with E-state index in [9.17, 15) is 19.2 Å². The maximum absolute atomic E-state index is 13.3. The van der Waals surface area contributed by atoms with Gasteiger partial charge >= 0.3 is 0 Å². The molecule has 3 N–H and O–H groups in total. The summed E-state index contributed by atoms with van der Waals surface area (Å²) in [6.45, 7) is 6.55. The summed E-state index contributed by atoms with van der Waals surface area (Å²) in [7, 11) is 1.65. The summed E-state index contributed by atoms with van der Waals surface area (Å²) < 4.78 is 11.5. The van der Waals surface area contributed by atoms with Crippen molar-refractivity contribution in [2.45, 2.75) is 24.9 Å². The molecule has 16 nitrogen and oxygen atoms in total. The summed E-state index contributed by atoms with van der Waals surface area (Å²) in [5, 5.41) is 9.86. The number of aromatic nitrogens is 3. The number of hydrogen-bond donors (Lipinski definition) is 3. The summed E-state index contributed by atoms with van der Waals surface area (Å²) in [6, 6.07) is 19.1. The van der Waals surface area contributed by atoms with Gasteiger partial charge in [-0.3, -0.25) is 34.3 Å². The number of fused-ring (bicyclic) bond motifs is 3. The highest BCUT2D eigenvalue weighted by Crippen LogP contribution is 2.42. The summed E-state index contributed by atoms with van der Waals surface area (Å²) in [5.41, 5.74) is 6.83. The van der Waals surface area contributed by atoms with E-state index in [1.165, 1.54) is 0 Å². The minimum absolute atomic E-state index is 0.0925. The van der Waals surface area contributed by atoms with Crippen LogP contribution >= 0.6 is 0 Å². The number of nitrogens with zero attached hydrogens (tertiary/aromatic N) is 7. The van der Waals surface area contributed by atoms with Crippen molar-refractivity contribution in [3.63, 3.8) is 0 Å². The molecule has 3 saturated heterocycles. The maximum Gasteiger partial charge on any atom is 0.262 e. The molecule has 5 aliphatic rings. The van der Waals surface area contributed by atoms with E-state index < -0.39 is 29.7 Å². The SMILES string of the molecule is COc1c(-c2ccc3cnc(Nc4ccc(N5CCN(C6CN(c7ccc8c(c7)C(=O)N(C7CCC(=O)NC7=O)C8=O)C6)CC5)cc4)nc3c2)cnc2c1NCCO2. The van der Waals surface area contributed by atoms with Crippen LogP contribution in [0.3, 0.4) is 0 Å². The lowest BCUT2D eigenvalue weighted by molar-refractivity contribution is -0.136. The zero-order valence-corrected chi connectivity index (χ0v) is 31.7. The standard InChI is InChI=1S/C42H40N10O6/c1-57-37-32(21-44-39-36(37)43-12-17-58-39)24-2-3-25-20-45-42(47-33(25)18-24)46-26-4-6-27(7-5-26)49-13-15-50(16-14-49)29-22-51(23-29)28-8-9-30-31(19-28)41(56)52(40(30)55)34-10-11-35(53)48-38(34)54/h2-9,18-21,29,34,43H,10-17,22-23H2,1H3,(H,45,46,47)(H,48,53,54). The minimum atomic E-state index is -0.972. The van der Waals surface area contributed by atoms with Crippen LogP contribution in [0, 0.1) is 0 Å². The highest BCUT2D eigenvalue weighted by atomic mass is 16.5. The van der Waals surface area contributed by atoms with Gasteiger partial charge in [0, 0.05) is 98.7 Å². The Hall–Kier alpha value is -6.81. The number of hydrogen-bond acceptors (Lipinski definition) is 14. The third-order valence-electron chi connectivity index (χ3n) is 11.7. The third kappa shape index (κ3) is 6.25. The molecule has 3 fully saturated rings. The van der Waals surface area contributed by atoms with Gasteiger partial charge in [-0.05, 0) is 60.5 Å². The highest BCUT2D eigenvalue weighted by molar-refractivity contribution is 6.23. The second-order valence-electron chi connectivity index (χ2n) is 15.1. The number of piperazine rings is 1. The Balaban J connectivity index is 0.738. The molecule has 7 heterocycles. The number of anilines is 5. The summed E-state index contributed by atoms with van der Waals surface area (Å²) in [5.74, 6) is -0.254. The van der Waals surface area contributed by atoms with E-state index in [4.69, 9.17) is 14.5 Å². The van der Waals surface area contributed by atoms with E-state index in [2.05, 4.69) is 52.8 Å². The number of carbonyl (C=O) groups is 4. The first-order valence-electron chi connectivity index (χ1n) is 19.5. The average Bonchev–Trinajstić information content (AvgIpc) is 3.48. The van der Waals surface area contributed by atoms with Gasteiger partial charge in [-0.15, -0.1) is 0 Å². The van der Waals surface area contributed by atoms with Crippen LogP contribution in [0.25, 0.3) is 22.0 Å². The van der Waals surface area contributed by atoms with Crippen molar-refractivity contribution in [2.24, 2.45) is 0 Å². The number of benzene rings is 3. The molecular weight excluding hydrogens is 741 g/mol. The van der Waals surface area contributed by atoms with Gasteiger partial charge in [0.2, 0.25) is 23.6 Å². The molecule has 5 aliphatic heterocycles. The van der Waals surface area contributed by atoms with E-state index >= 15 is 0 Å². The van der Waals surface area contributed by atoms with Crippen LogP contribution in [0.5, 0.6) is 11.6 Å². The molecule has 16 heteroatoms. The molecule has 0 radical (unpaired) electrons. The highest BCUT2D eigenvalue weighted by Gasteiger charge is 2.45. The lowest BCUT2D eigenvalue weighted by Gasteiger charge is -2.49. The zero-order chi connectivity index (χ0) is 39.5. The number of piperidine rings is 1. The van der Waals surface area contributed by atoms with E-state index in [0.717, 1.165) is 88.9 Å². The number of imide groups is 2. The topological polar surface area (TPSA) is 174 Å². The number of ether oxygens (including phenoxy) is 2. The molecule has 1 atom stereocenters. The van der Waals surface area contributed by atoms with Crippen molar-refractivity contribution in [3.05, 3.63) is 84.2 Å². The molecule has 10 rings (SSSR count).